The van der Waals surface area contributed by atoms with Crippen molar-refractivity contribution in [2.24, 2.45) is 5.10 Å². The maximum atomic E-state index is 13.6. The molecule has 1 heterocycles. The summed E-state index contributed by atoms with van der Waals surface area (Å²) in [5, 5.41) is 4.15. The molecule has 0 spiro atoms. The molecule has 0 saturated heterocycles. The fourth-order valence-electron chi connectivity index (χ4n) is 4.42. The first kappa shape index (κ1) is 26.9. The van der Waals surface area contributed by atoms with Gasteiger partial charge in [-0.1, -0.05) is 54.1 Å². The van der Waals surface area contributed by atoms with Gasteiger partial charge in [0.05, 0.1) is 16.8 Å². The van der Waals surface area contributed by atoms with Crippen LogP contribution in [0.5, 0.6) is 0 Å². The maximum Gasteiger partial charge on any atom is 0.264 e. The molecule has 1 N–H and O–H groups in total. The number of nitrogens with zero attached hydrogens (tertiary/aromatic N) is 3. The van der Waals surface area contributed by atoms with Crippen molar-refractivity contribution >= 4 is 27.8 Å². The van der Waals surface area contributed by atoms with Crippen LogP contribution in [0.3, 0.4) is 0 Å². The summed E-state index contributed by atoms with van der Waals surface area (Å²) >= 11 is 0. The molecule has 1 amide bonds. The number of aryl methyl sites for hydroxylation is 4. The highest BCUT2D eigenvalue weighted by Crippen LogP contribution is 2.27. The highest BCUT2D eigenvalue weighted by atomic mass is 32.2. The molecule has 7 nitrogen and oxygen atoms in total. The lowest BCUT2D eigenvalue weighted by atomic mass is 10.2. The van der Waals surface area contributed by atoms with Gasteiger partial charge in [-0.05, 0) is 76.1 Å². The number of benzene rings is 3. The first-order valence-electron chi connectivity index (χ1n) is 12.3. The van der Waals surface area contributed by atoms with E-state index in [0.717, 1.165) is 43.6 Å². The summed E-state index contributed by atoms with van der Waals surface area (Å²) in [5.74, 6) is -0.548. The van der Waals surface area contributed by atoms with E-state index in [2.05, 4.69) is 34.2 Å². The van der Waals surface area contributed by atoms with Crippen LogP contribution < -0.4 is 9.73 Å². The third-order valence-corrected chi connectivity index (χ3v) is 8.27. The van der Waals surface area contributed by atoms with Gasteiger partial charge >= 0.3 is 0 Å². The van der Waals surface area contributed by atoms with Crippen LogP contribution >= 0.6 is 0 Å². The third-order valence-electron chi connectivity index (χ3n) is 6.50. The largest absolute Gasteiger partial charge is 0.318 e. The van der Waals surface area contributed by atoms with Crippen molar-refractivity contribution in [3.8, 4) is 5.69 Å². The van der Waals surface area contributed by atoms with Crippen molar-refractivity contribution in [2.75, 3.05) is 10.8 Å². The SMILES string of the molecule is Cc1ccc(S(=O)(=O)N(CC(=O)N/N=C\c2cc(C)n(-c3ccccc3C)c2C)c2ccccc2C)cc1. The summed E-state index contributed by atoms with van der Waals surface area (Å²) in [6.07, 6.45) is 1.58. The number of hydrogen-bond donors (Lipinski definition) is 1. The Morgan fingerprint density at radius 1 is 0.895 bits per heavy atom. The van der Waals surface area contributed by atoms with Gasteiger partial charge in [0.25, 0.3) is 15.9 Å². The van der Waals surface area contributed by atoms with Gasteiger partial charge in [-0.2, -0.15) is 5.10 Å². The fourth-order valence-corrected chi connectivity index (χ4v) is 5.91. The monoisotopic (exact) mass is 528 g/mol. The van der Waals surface area contributed by atoms with Gasteiger partial charge in [-0.3, -0.25) is 9.10 Å². The molecule has 3 aromatic carbocycles. The number of rotatable bonds is 8. The van der Waals surface area contributed by atoms with Crippen molar-refractivity contribution in [1.29, 1.82) is 0 Å². The van der Waals surface area contributed by atoms with Crippen LogP contribution in [0.15, 0.2) is 88.9 Å². The molecule has 4 aromatic rings. The second-order valence-corrected chi connectivity index (χ2v) is 11.2. The Labute approximate surface area is 224 Å². The number of aromatic nitrogens is 1. The van der Waals surface area contributed by atoms with Crippen molar-refractivity contribution in [2.45, 2.75) is 39.5 Å². The average Bonchev–Trinajstić information content (AvgIpc) is 3.16. The van der Waals surface area contributed by atoms with Crippen molar-refractivity contribution in [1.82, 2.24) is 9.99 Å². The number of para-hydroxylation sites is 2. The van der Waals surface area contributed by atoms with Gasteiger partial charge in [0, 0.05) is 22.6 Å². The van der Waals surface area contributed by atoms with Crippen molar-refractivity contribution in [3.63, 3.8) is 0 Å². The zero-order chi connectivity index (χ0) is 27.4. The first-order chi connectivity index (χ1) is 18.1. The van der Waals surface area contributed by atoms with E-state index in [1.807, 2.05) is 58.0 Å². The topological polar surface area (TPSA) is 83.8 Å². The van der Waals surface area contributed by atoms with E-state index in [1.165, 1.54) is 0 Å². The smallest absolute Gasteiger partial charge is 0.264 e. The van der Waals surface area contributed by atoms with Gasteiger partial charge in [0.1, 0.15) is 6.54 Å². The Morgan fingerprint density at radius 3 is 2.18 bits per heavy atom. The van der Waals surface area contributed by atoms with Crippen LogP contribution in [-0.2, 0) is 14.8 Å². The van der Waals surface area contributed by atoms with E-state index in [0.29, 0.717) is 5.69 Å². The molecule has 0 unspecified atom stereocenters. The molecule has 0 bridgehead atoms. The minimum atomic E-state index is -3.99. The van der Waals surface area contributed by atoms with Crippen molar-refractivity contribution < 1.29 is 13.2 Å². The molecule has 0 saturated carbocycles. The summed E-state index contributed by atoms with van der Waals surface area (Å²) < 4.78 is 30.4. The molecule has 4 rings (SSSR count). The van der Waals surface area contributed by atoms with Crippen LogP contribution in [0.4, 0.5) is 5.69 Å². The minimum absolute atomic E-state index is 0.117. The second-order valence-electron chi connectivity index (χ2n) is 9.35. The Balaban J connectivity index is 1.57. The zero-order valence-corrected chi connectivity index (χ0v) is 23.1. The number of sulfonamides is 1. The van der Waals surface area contributed by atoms with Gasteiger partial charge < -0.3 is 4.57 Å². The number of carbonyl (C=O) groups excluding carboxylic acids is 1. The summed E-state index contributed by atoms with van der Waals surface area (Å²) in [4.78, 5) is 13.1. The fraction of sp³-hybridized carbons (Fsp3) is 0.200. The molecular weight excluding hydrogens is 496 g/mol. The first-order valence-corrected chi connectivity index (χ1v) is 13.8. The predicted octanol–water partition coefficient (Wildman–Crippen LogP) is 5.37. The molecule has 0 radical (unpaired) electrons. The highest BCUT2D eigenvalue weighted by molar-refractivity contribution is 7.92. The molecule has 196 valence electrons. The Morgan fingerprint density at radius 2 is 1.53 bits per heavy atom. The number of amides is 1. The van der Waals surface area contributed by atoms with E-state index in [-0.39, 0.29) is 4.90 Å². The van der Waals surface area contributed by atoms with Gasteiger partial charge in [0.2, 0.25) is 0 Å². The lowest BCUT2D eigenvalue weighted by Gasteiger charge is -2.25. The zero-order valence-electron chi connectivity index (χ0n) is 22.3. The van der Waals surface area contributed by atoms with Crippen LogP contribution in [-0.4, -0.2) is 31.7 Å². The highest BCUT2D eigenvalue weighted by Gasteiger charge is 2.28. The van der Waals surface area contributed by atoms with E-state index < -0.39 is 22.5 Å². The molecule has 0 aliphatic carbocycles. The lowest BCUT2D eigenvalue weighted by molar-refractivity contribution is -0.119. The van der Waals surface area contributed by atoms with Crippen LogP contribution in [0.1, 0.15) is 33.6 Å². The van der Waals surface area contributed by atoms with E-state index in [4.69, 9.17) is 0 Å². The van der Waals surface area contributed by atoms with Crippen LogP contribution in [0.25, 0.3) is 5.69 Å². The predicted molar refractivity (Wildman–Crippen MR) is 153 cm³/mol. The minimum Gasteiger partial charge on any atom is -0.318 e. The Hall–Kier alpha value is -4.17. The Kier molecular flexibility index (Phi) is 7.83. The third kappa shape index (κ3) is 5.55. The van der Waals surface area contributed by atoms with E-state index in [9.17, 15) is 13.2 Å². The van der Waals surface area contributed by atoms with Gasteiger partial charge in [-0.25, -0.2) is 13.8 Å². The maximum absolute atomic E-state index is 13.6. The average molecular weight is 529 g/mol. The molecule has 0 aliphatic heterocycles. The molecule has 38 heavy (non-hydrogen) atoms. The molecule has 1 aromatic heterocycles. The van der Waals surface area contributed by atoms with E-state index >= 15 is 0 Å². The normalized spacial score (nSPS) is 11.6. The lowest BCUT2D eigenvalue weighted by Crippen LogP contribution is -2.40. The molecule has 0 fully saturated rings. The number of nitrogens with one attached hydrogen (secondary N) is 1. The quantitative estimate of drug-likeness (QED) is 0.247. The Bertz CT molecular complexity index is 1600. The number of carbonyl (C=O) groups is 1. The molecule has 8 heteroatoms. The molecule has 0 aliphatic rings. The number of anilines is 1. The van der Waals surface area contributed by atoms with Gasteiger partial charge in [-0.15, -0.1) is 0 Å². The summed E-state index contributed by atoms with van der Waals surface area (Å²) in [6.45, 7) is 9.36. The summed E-state index contributed by atoms with van der Waals surface area (Å²) in [6, 6.07) is 23.8. The second kappa shape index (κ2) is 11.1. The van der Waals surface area contributed by atoms with Crippen LogP contribution in [0, 0.1) is 34.6 Å². The van der Waals surface area contributed by atoms with Crippen molar-refractivity contribution in [3.05, 3.63) is 113 Å². The number of hydrazone groups is 1. The summed E-state index contributed by atoms with van der Waals surface area (Å²) in [5.41, 5.74) is 9.74. The molecular formula is C30H32N4O3S. The molecule has 0 atom stereocenters. The standard InChI is InChI=1S/C30H32N4O3S/c1-21-14-16-27(17-15-21)38(36,37)33(28-12-8-6-10-22(28)2)20-30(35)32-31-19-26-18-24(4)34(25(26)5)29-13-9-7-11-23(29)3/h6-19H,20H2,1-5H3,(H,32,35)/b31-19-. The van der Waals surface area contributed by atoms with E-state index in [1.54, 1.807) is 42.6 Å². The van der Waals surface area contributed by atoms with Gasteiger partial charge in [0.15, 0.2) is 0 Å². The van der Waals surface area contributed by atoms with Crippen LogP contribution in [0.2, 0.25) is 0 Å². The summed E-state index contributed by atoms with van der Waals surface area (Å²) in [7, 11) is -3.99. The number of hydrogen-bond acceptors (Lipinski definition) is 4.